The van der Waals surface area contributed by atoms with Gasteiger partial charge in [-0.3, -0.25) is 4.99 Å². The zero-order valence-electron chi connectivity index (χ0n) is 12.8. The fraction of sp³-hybridized carbons (Fsp3) is 0.846. The number of nitrogens with zero attached hydrogens (tertiary/aromatic N) is 2. The Morgan fingerprint density at radius 2 is 2.10 bits per heavy atom. The Balaban J connectivity index is 2.34. The van der Waals surface area contributed by atoms with Crippen LogP contribution in [0.1, 0.15) is 27.7 Å². The molecule has 0 radical (unpaired) electrons. The third kappa shape index (κ3) is 5.64. The Bertz CT molecular complexity index is 346. The van der Waals surface area contributed by atoms with Crippen molar-refractivity contribution in [2.24, 2.45) is 4.99 Å². The van der Waals surface area contributed by atoms with E-state index in [0.29, 0.717) is 25.6 Å². The van der Waals surface area contributed by atoms with Gasteiger partial charge in [-0.25, -0.2) is 4.79 Å². The average Bonchev–Trinajstić information content (AvgIpc) is 2.27. The summed E-state index contributed by atoms with van der Waals surface area (Å²) < 4.78 is 5.29. The Labute approximate surface area is 120 Å². The molecule has 1 aliphatic heterocycles. The number of hydrogen-bond acceptors (Lipinski definition) is 4. The van der Waals surface area contributed by atoms with Gasteiger partial charge in [0, 0.05) is 19.6 Å². The minimum Gasteiger partial charge on any atom is -0.444 e. The van der Waals surface area contributed by atoms with E-state index in [9.17, 15) is 4.79 Å². The summed E-state index contributed by atoms with van der Waals surface area (Å²) in [7, 11) is 0. The Morgan fingerprint density at radius 3 is 2.60 bits per heavy atom. The lowest BCUT2D eigenvalue weighted by molar-refractivity contribution is 0.00701. The van der Waals surface area contributed by atoms with E-state index in [2.05, 4.69) is 15.6 Å². The number of hydrogen-bond donors (Lipinski definition) is 3. The number of carbonyl (C=O) groups is 1. The minimum atomic E-state index is -0.465. The van der Waals surface area contributed by atoms with E-state index in [1.54, 1.807) is 4.90 Å². The molecule has 0 aromatic heterocycles. The molecule has 1 rings (SSSR count). The summed E-state index contributed by atoms with van der Waals surface area (Å²) in [6, 6.07) is 0.166. The predicted octanol–water partition coefficient (Wildman–Crippen LogP) is 0.153. The quantitative estimate of drug-likeness (QED) is 0.506. The maximum absolute atomic E-state index is 11.8. The van der Waals surface area contributed by atoms with Crippen molar-refractivity contribution in [1.82, 2.24) is 15.5 Å². The molecule has 0 aromatic rings. The molecule has 3 N–H and O–H groups in total. The van der Waals surface area contributed by atoms with Crippen LogP contribution in [0.25, 0.3) is 0 Å². The molecule has 116 valence electrons. The van der Waals surface area contributed by atoms with Gasteiger partial charge in [0.2, 0.25) is 0 Å². The molecule has 0 saturated carbocycles. The number of amides is 1. The van der Waals surface area contributed by atoms with Gasteiger partial charge in [0.25, 0.3) is 0 Å². The fourth-order valence-corrected chi connectivity index (χ4v) is 1.72. The van der Waals surface area contributed by atoms with Crippen LogP contribution in [0.5, 0.6) is 0 Å². The maximum Gasteiger partial charge on any atom is 0.410 e. The first-order valence-corrected chi connectivity index (χ1v) is 6.99. The van der Waals surface area contributed by atoms with Gasteiger partial charge in [0.1, 0.15) is 5.60 Å². The number of aliphatic hydroxyl groups is 1. The van der Waals surface area contributed by atoms with Gasteiger partial charge in [-0.15, -0.1) is 0 Å². The second-order valence-electron chi connectivity index (χ2n) is 5.71. The van der Waals surface area contributed by atoms with Gasteiger partial charge < -0.3 is 25.4 Å². The van der Waals surface area contributed by atoms with Crippen LogP contribution in [0.2, 0.25) is 0 Å². The number of guanidine groups is 1. The molecule has 20 heavy (non-hydrogen) atoms. The van der Waals surface area contributed by atoms with Crippen molar-refractivity contribution < 1.29 is 14.6 Å². The molecule has 0 aromatic carbocycles. The van der Waals surface area contributed by atoms with Crippen molar-refractivity contribution in [3.63, 3.8) is 0 Å². The number of aliphatic hydroxyl groups excluding tert-OH is 1. The Hall–Kier alpha value is -1.50. The summed E-state index contributed by atoms with van der Waals surface area (Å²) in [6.45, 7) is 9.85. The van der Waals surface area contributed by atoms with Gasteiger partial charge in [0.15, 0.2) is 5.96 Å². The molecule has 1 heterocycles. The lowest BCUT2D eigenvalue weighted by Gasteiger charge is -2.40. The SMILES string of the molecule is CCNC(=NCCO)NC1CN(C(=O)OC(C)(C)C)C1. The summed E-state index contributed by atoms with van der Waals surface area (Å²) in [4.78, 5) is 17.6. The summed E-state index contributed by atoms with van der Waals surface area (Å²) >= 11 is 0. The molecule has 0 bridgehead atoms. The molecule has 0 unspecified atom stereocenters. The third-order valence-corrected chi connectivity index (χ3v) is 2.59. The molecule has 1 saturated heterocycles. The first-order chi connectivity index (χ1) is 9.35. The Morgan fingerprint density at radius 1 is 1.45 bits per heavy atom. The third-order valence-electron chi connectivity index (χ3n) is 2.59. The molecular weight excluding hydrogens is 260 g/mol. The number of ether oxygens (including phenoxy) is 1. The molecule has 7 heteroatoms. The van der Waals surface area contributed by atoms with E-state index in [-0.39, 0.29) is 18.7 Å². The number of aliphatic imine (C=N–C) groups is 1. The predicted molar refractivity (Wildman–Crippen MR) is 77.8 cm³/mol. The van der Waals surface area contributed by atoms with Crippen LogP contribution in [-0.2, 0) is 4.74 Å². The van der Waals surface area contributed by atoms with Crippen LogP contribution in [0.3, 0.4) is 0 Å². The highest BCUT2D eigenvalue weighted by Crippen LogP contribution is 2.15. The Kier molecular flexibility index (Phi) is 6.06. The van der Waals surface area contributed by atoms with Gasteiger partial charge in [-0.05, 0) is 27.7 Å². The maximum atomic E-state index is 11.8. The van der Waals surface area contributed by atoms with Gasteiger partial charge in [-0.1, -0.05) is 0 Å². The normalized spacial score (nSPS) is 16.6. The molecule has 1 fully saturated rings. The van der Waals surface area contributed by atoms with Crippen molar-refractivity contribution in [3.05, 3.63) is 0 Å². The molecule has 1 amide bonds. The largest absolute Gasteiger partial charge is 0.444 e. The van der Waals surface area contributed by atoms with Crippen molar-refractivity contribution >= 4 is 12.1 Å². The molecule has 0 spiro atoms. The topological polar surface area (TPSA) is 86.2 Å². The van der Waals surface area contributed by atoms with E-state index >= 15 is 0 Å². The van der Waals surface area contributed by atoms with Gasteiger partial charge in [-0.2, -0.15) is 0 Å². The highest BCUT2D eigenvalue weighted by molar-refractivity contribution is 5.80. The monoisotopic (exact) mass is 286 g/mol. The lowest BCUT2D eigenvalue weighted by atomic mass is 10.1. The van der Waals surface area contributed by atoms with Crippen LogP contribution >= 0.6 is 0 Å². The molecule has 1 aliphatic rings. The van der Waals surface area contributed by atoms with Gasteiger partial charge >= 0.3 is 6.09 Å². The van der Waals surface area contributed by atoms with E-state index < -0.39 is 5.60 Å². The second kappa shape index (κ2) is 7.33. The van der Waals surface area contributed by atoms with E-state index in [1.165, 1.54) is 0 Å². The first-order valence-electron chi connectivity index (χ1n) is 6.99. The highest BCUT2D eigenvalue weighted by Gasteiger charge is 2.34. The standard InChI is InChI=1S/C13H26N4O3/c1-5-14-11(15-6-7-18)16-10-8-17(9-10)12(19)20-13(2,3)4/h10,18H,5-9H2,1-4H3,(H2,14,15,16). The zero-order chi connectivity index (χ0) is 15.2. The number of rotatable bonds is 4. The number of nitrogens with one attached hydrogen (secondary N) is 2. The van der Waals surface area contributed by atoms with E-state index in [1.807, 2.05) is 27.7 Å². The fourth-order valence-electron chi connectivity index (χ4n) is 1.72. The molecule has 0 atom stereocenters. The molecule has 7 nitrogen and oxygen atoms in total. The van der Waals surface area contributed by atoms with Crippen molar-refractivity contribution in [2.45, 2.75) is 39.3 Å². The average molecular weight is 286 g/mol. The highest BCUT2D eigenvalue weighted by atomic mass is 16.6. The smallest absolute Gasteiger partial charge is 0.410 e. The van der Waals surface area contributed by atoms with Crippen LogP contribution < -0.4 is 10.6 Å². The summed E-state index contributed by atoms with van der Waals surface area (Å²) in [5.41, 5.74) is -0.465. The summed E-state index contributed by atoms with van der Waals surface area (Å²) in [6.07, 6.45) is -0.284. The van der Waals surface area contributed by atoms with Crippen LogP contribution in [0.15, 0.2) is 4.99 Å². The number of likely N-dealkylation sites (tertiary alicyclic amines) is 1. The van der Waals surface area contributed by atoms with Crippen molar-refractivity contribution in [1.29, 1.82) is 0 Å². The van der Waals surface area contributed by atoms with Crippen molar-refractivity contribution in [3.8, 4) is 0 Å². The number of carbonyl (C=O) groups excluding carboxylic acids is 1. The van der Waals surface area contributed by atoms with Crippen molar-refractivity contribution in [2.75, 3.05) is 32.8 Å². The zero-order valence-corrected chi connectivity index (χ0v) is 12.8. The summed E-state index contributed by atoms with van der Waals surface area (Å²) in [5, 5.41) is 15.1. The second-order valence-corrected chi connectivity index (χ2v) is 5.71. The van der Waals surface area contributed by atoms with Crippen LogP contribution in [-0.4, -0.2) is 66.5 Å². The molecule has 0 aliphatic carbocycles. The van der Waals surface area contributed by atoms with Crippen LogP contribution in [0.4, 0.5) is 4.79 Å². The van der Waals surface area contributed by atoms with Gasteiger partial charge in [0.05, 0.1) is 19.2 Å². The van der Waals surface area contributed by atoms with Crippen LogP contribution in [0, 0.1) is 0 Å². The minimum absolute atomic E-state index is 0.0191. The lowest BCUT2D eigenvalue weighted by Crippen LogP contribution is -2.63. The first kappa shape index (κ1) is 16.6. The summed E-state index contributed by atoms with van der Waals surface area (Å²) in [5.74, 6) is 0.662. The van der Waals surface area contributed by atoms with E-state index in [0.717, 1.165) is 6.54 Å². The van der Waals surface area contributed by atoms with E-state index in [4.69, 9.17) is 9.84 Å². The molecular formula is C13H26N4O3.